The van der Waals surface area contributed by atoms with Gasteiger partial charge in [0.1, 0.15) is 5.82 Å². The Bertz CT molecular complexity index is 487. The van der Waals surface area contributed by atoms with Crippen molar-refractivity contribution < 1.29 is 19.1 Å². The highest BCUT2D eigenvalue weighted by molar-refractivity contribution is 5.79. The summed E-state index contributed by atoms with van der Waals surface area (Å²) in [5, 5.41) is 11.3. The second kappa shape index (κ2) is 5.79. The van der Waals surface area contributed by atoms with Gasteiger partial charge in [-0.25, -0.2) is 4.39 Å². The van der Waals surface area contributed by atoms with E-state index in [-0.39, 0.29) is 30.7 Å². The van der Waals surface area contributed by atoms with Gasteiger partial charge in [0.05, 0.1) is 12.5 Å². The predicted molar refractivity (Wildman–Crippen MR) is 65.8 cm³/mol. The monoisotopic (exact) mass is 266 g/mol. The molecule has 1 saturated heterocycles. The lowest BCUT2D eigenvalue weighted by Gasteiger charge is -2.35. The number of carbonyl (C=O) groups is 2. The first kappa shape index (κ1) is 13.5. The van der Waals surface area contributed by atoms with Crippen LogP contribution in [0, 0.1) is 11.7 Å². The van der Waals surface area contributed by atoms with Crippen molar-refractivity contribution in [1.82, 2.24) is 10.2 Å². The summed E-state index contributed by atoms with van der Waals surface area (Å²) in [5.74, 6) is -1.79. The van der Waals surface area contributed by atoms with Crippen molar-refractivity contribution in [1.29, 1.82) is 0 Å². The number of amides is 1. The molecule has 0 saturated carbocycles. The lowest BCUT2D eigenvalue weighted by molar-refractivity contribution is -0.148. The molecule has 6 heteroatoms. The van der Waals surface area contributed by atoms with Gasteiger partial charge in [-0.3, -0.25) is 14.5 Å². The van der Waals surface area contributed by atoms with E-state index in [1.165, 1.54) is 6.07 Å². The van der Waals surface area contributed by atoms with Crippen molar-refractivity contribution in [3.8, 4) is 0 Å². The fraction of sp³-hybridized carbons (Fsp3) is 0.385. The second-order valence-electron chi connectivity index (χ2n) is 4.60. The van der Waals surface area contributed by atoms with Crippen molar-refractivity contribution in [2.45, 2.75) is 6.54 Å². The Balaban J connectivity index is 1.72. The van der Waals surface area contributed by atoms with Gasteiger partial charge in [-0.15, -0.1) is 0 Å². The Morgan fingerprint density at radius 2 is 2.05 bits per heavy atom. The zero-order chi connectivity index (χ0) is 13.8. The van der Waals surface area contributed by atoms with Gasteiger partial charge < -0.3 is 10.4 Å². The highest BCUT2D eigenvalue weighted by Gasteiger charge is 2.33. The number of carboxylic acids is 1. The number of hydrogen-bond donors (Lipinski definition) is 2. The lowest BCUT2D eigenvalue weighted by Crippen LogP contribution is -2.53. The molecule has 1 aromatic carbocycles. The molecule has 2 N–H and O–H groups in total. The highest BCUT2D eigenvalue weighted by Crippen LogP contribution is 2.14. The van der Waals surface area contributed by atoms with Gasteiger partial charge >= 0.3 is 5.97 Å². The molecule has 1 aliphatic rings. The Labute approximate surface area is 110 Å². The first-order chi connectivity index (χ1) is 9.06. The van der Waals surface area contributed by atoms with E-state index in [0.29, 0.717) is 18.7 Å². The molecule has 5 nitrogen and oxygen atoms in total. The Morgan fingerprint density at radius 1 is 1.37 bits per heavy atom. The number of rotatable bonds is 5. The maximum atomic E-state index is 13.3. The van der Waals surface area contributed by atoms with Crippen LogP contribution in [0.3, 0.4) is 0 Å². The zero-order valence-electron chi connectivity index (χ0n) is 10.3. The predicted octanol–water partition coefficient (Wildman–Crippen LogP) is 0.458. The zero-order valence-corrected chi connectivity index (χ0v) is 10.3. The lowest BCUT2D eigenvalue weighted by atomic mass is 10.0. The number of halogens is 1. The average Bonchev–Trinajstić information content (AvgIpc) is 2.31. The van der Waals surface area contributed by atoms with Gasteiger partial charge in [0.25, 0.3) is 0 Å². The van der Waals surface area contributed by atoms with Gasteiger partial charge in [-0.1, -0.05) is 18.2 Å². The summed E-state index contributed by atoms with van der Waals surface area (Å²) in [6, 6.07) is 6.25. The minimum atomic E-state index is -0.831. The molecule has 1 amide bonds. The van der Waals surface area contributed by atoms with Gasteiger partial charge in [0, 0.05) is 25.2 Å². The molecule has 1 aromatic rings. The van der Waals surface area contributed by atoms with Gasteiger partial charge in [-0.2, -0.15) is 0 Å². The first-order valence-electron chi connectivity index (χ1n) is 6.01. The van der Waals surface area contributed by atoms with Crippen LogP contribution < -0.4 is 5.32 Å². The van der Waals surface area contributed by atoms with E-state index in [4.69, 9.17) is 5.11 Å². The van der Waals surface area contributed by atoms with E-state index in [2.05, 4.69) is 5.32 Å². The summed E-state index contributed by atoms with van der Waals surface area (Å²) in [7, 11) is 0. The van der Waals surface area contributed by atoms with Crippen LogP contribution in [-0.4, -0.2) is 41.5 Å². The Morgan fingerprint density at radius 3 is 2.68 bits per heavy atom. The summed E-state index contributed by atoms with van der Waals surface area (Å²) in [6.07, 6.45) is 0. The first-order valence-corrected chi connectivity index (χ1v) is 6.01. The molecule has 1 fully saturated rings. The van der Waals surface area contributed by atoms with Crippen molar-refractivity contribution >= 4 is 11.9 Å². The highest BCUT2D eigenvalue weighted by atomic mass is 19.1. The van der Waals surface area contributed by atoms with Crippen LogP contribution in [0.25, 0.3) is 0 Å². The van der Waals surface area contributed by atoms with E-state index in [1.54, 1.807) is 23.1 Å². The summed E-state index contributed by atoms with van der Waals surface area (Å²) in [6.45, 7) is 1.07. The molecule has 0 atom stereocenters. The minimum Gasteiger partial charge on any atom is -0.481 e. The number of carboxylic acid groups (broad SMARTS) is 1. The van der Waals surface area contributed by atoms with Crippen molar-refractivity contribution in [3.63, 3.8) is 0 Å². The van der Waals surface area contributed by atoms with Crippen LogP contribution in [0.2, 0.25) is 0 Å². The van der Waals surface area contributed by atoms with Crippen LogP contribution in [0.1, 0.15) is 5.56 Å². The smallest absolute Gasteiger partial charge is 0.309 e. The third kappa shape index (κ3) is 3.51. The van der Waals surface area contributed by atoms with Crippen LogP contribution in [0.4, 0.5) is 4.39 Å². The molecule has 0 spiro atoms. The topological polar surface area (TPSA) is 69.6 Å². The van der Waals surface area contributed by atoms with E-state index in [9.17, 15) is 14.0 Å². The number of hydrogen-bond acceptors (Lipinski definition) is 3. The van der Waals surface area contributed by atoms with Crippen molar-refractivity contribution in [2.75, 3.05) is 19.6 Å². The molecule has 1 aliphatic heterocycles. The van der Waals surface area contributed by atoms with Crippen molar-refractivity contribution in [2.24, 2.45) is 5.92 Å². The van der Waals surface area contributed by atoms with E-state index >= 15 is 0 Å². The molecule has 2 rings (SSSR count). The van der Waals surface area contributed by atoms with Crippen LogP contribution >= 0.6 is 0 Å². The van der Waals surface area contributed by atoms with Gasteiger partial charge in [0.15, 0.2) is 0 Å². The van der Waals surface area contributed by atoms with E-state index in [1.807, 2.05) is 0 Å². The maximum absolute atomic E-state index is 13.3. The fourth-order valence-corrected chi connectivity index (χ4v) is 1.95. The molecule has 102 valence electrons. The number of nitrogens with one attached hydrogen (secondary N) is 1. The molecule has 1 heterocycles. The maximum Gasteiger partial charge on any atom is 0.309 e. The fourth-order valence-electron chi connectivity index (χ4n) is 1.95. The quantitative estimate of drug-likeness (QED) is 0.812. The summed E-state index contributed by atoms with van der Waals surface area (Å²) < 4.78 is 13.3. The normalized spacial score (nSPS) is 15.8. The average molecular weight is 266 g/mol. The number of likely N-dealkylation sites (tertiary alicyclic amines) is 1. The number of aliphatic carboxylic acids is 1. The molecule has 0 bridgehead atoms. The minimum absolute atomic E-state index is 0.141. The van der Waals surface area contributed by atoms with E-state index < -0.39 is 5.97 Å². The van der Waals surface area contributed by atoms with E-state index in [0.717, 1.165) is 0 Å². The molecule has 0 unspecified atom stereocenters. The summed E-state index contributed by atoms with van der Waals surface area (Å²) >= 11 is 0. The molecule has 0 aliphatic carbocycles. The molecule has 0 radical (unpaired) electrons. The van der Waals surface area contributed by atoms with Gasteiger partial charge in [-0.05, 0) is 6.07 Å². The molecule has 0 aromatic heterocycles. The number of benzene rings is 1. The third-order valence-corrected chi connectivity index (χ3v) is 3.11. The molecular formula is C13H15FN2O3. The summed E-state index contributed by atoms with van der Waals surface area (Å²) in [5.41, 5.74) is 0.433. The number of carbonyl (C=O) groups excluding carboxylic acids is 1. The van der Waals surface area contributed by atoms with Crippen LogP contribution in [0.15, 0.2) is 24.3 Å². The van der Waals surface area contributed by atoms with Crippen LogP contribution in [-0.2, 0) is 16.1 Å². The van der Waals surface area contributed by atoms with Crippen molar-refractivity contribution in [3.05, 3.63) is 35.6 Å². The second-order valence-corrected chi connectivity index (χ2v) is 4.60. The largest absolute Gasteiger partial charge is 0.481 e. The van der Waals surface area contributed by atoms with Gasteiger partial charge in [0.2, 0.25) is 5.91 Å². The number of nitrogens with zero attached hydrogens (tertiary/aromatic N) is 1. The van der Waals surface area contributed by atoms with Crippen LogP contribution in [0.5, 0.6) is 0 Å². The molecular weight excluding hydrogens is 251 g/mol. The SMILES string of the molecule is O=C(CN1CC(C(=O)O)C1)NCc1ccccc1F. The Hall–Kier alpha value is -1.95. The molecule has 19 heavy (non-hydrogen) atoms. The summed E-state index contributed by atoms with van der Waals surface area (Å²) in [4.78, 5) is 23.9. The standard InChI is InChI=1S/C13H15FN2O3/c14-11-4-2-1-3-9(11)5-15-12(17)8-16-6-10(7-16)13(18)19/h1-4,10H,5-8H2,(H,15,17)(H,18,19). The third-order valence-electron chi connectivity index (χ3n) is 3.11. The Kier molecular flexibility index (Phi) is 4.11.